The molecule has 2 heterocycles. The third kappa shape index (κ3) is 4.92. The molecule has 2 N–H and O–H groups in total. The molecule has 2 fully saturated rings. The molecule has 1 atom stereocenters. The van der Waals surface area contributed by atoms with Gasteiger partial charge >= 0.3 is 0 Å². The van der Waals surface area contributed by atoms with Crippen LogP contribution in [0, 0.1) is 0 Å². The maximum Gasteiger partial charge on any atom is 0.238 e. The van der Waals surface area contributed by atoms with E-state index >= 15 is 0 Å². The molecule has 0 bridgehead atoms. The van der Waals surface area contributed by atoms with Crippen molar-refractivity contribution in [1.82, 2.24) is 10.2 Å². The smallest absolute Gasteiger partial charge is 0.238 e. The van der Waals surface area contributed by atoms with Crippen LogP contribution in [0.1, 0.15) is 57.8 Å². The van der Waals surface area contributed by atoms with Gasteiger partial charge in [-0.15, -0.1) is 11.8 Å². The second-order valence-corrected chi connectivity index (χ2v) is 10.2. The Hall–Kier alpha value is -1.24. The number of piperidine rings is 1. The molecule has 1 aromatic rings. The number of rotatable bonds is 5. The van der Waals surface area contributed by atoms with Crippen LogP contribution >= 0.6 is 23.4 Å². The lowest BCUT2D eigenvalue weighted by molar-refractivity contribution is -0.124. The Kier molecular flexibility index (Phi) is 6.72. The van der Waals surface area contributed by atoms with E-state index in [9.17, 15) is 9.59 Å². The second-order valence-electron chi connectivity index (χ2n) is 8.55. The van der Waals surface area contributed by atoms with Crippen molar-refractivity contribution in [3.63, 3.8) is 0 Å². The van der Waals surface area contributed by atoms with Gasteiger partial charge in [0, 0.05) is 28.4 Å². The topological polar surface area (TPSA) is 61.4 Å². The number of thioether (sulfide) groups is 1. The van der Waals surface area contributed by atoms with Crippen LogP contribution in [-0.4, -0.2) is 47.1 Å². The van der Waals surface area contributed by atoms with E-state index in [1.165, 1.54) is 63.1 Å². The summed E-state index contributed by atoms with van der Waals surface area (Å²) in [6.07, 6.45) is 10.2. The lowest BCUT2D eigenvalue weighted by Gasteiger charge is -2.48. The number of anilines is 1. The molecule has 2 aliphatic heterocycles. The van der Waals surface area contributed by atoms with Crippen LogP contribution in [0.4, 0.5) is 5.69 Å². The third-order valence-electron chi connectivity index (χ3n) is 6.56. The molecule has 3 aliphatic rings. The molecule has 5 nitrogen and oxygen atoms in total. The highest BCUT2D eigenvalue weighted by Gasteiger charge is 2.39. The van der Waals surface area contributed by atoms with Crippen molar-refractivity contribution in [1.29, 1.82) is 0 Å². The van der Waals surface area contributed by atoms with Crippen molar-refractivity contribution in [2.45, 2.75) is 73.5 Å². The molecular weight excluding hydrogens is 406 g/mol. The van der Waals surface area contributed by atoms with Crippen molar-refractivity contribution >= 4 is 40.9 Å². The highest BCUT2D eigenvalue weighted by atomic mass is 35.5. The van der Waals surface area contributed by atoms with Gasteiger partial charge in [0.05, 0.1) is 10.9 Å². The summed E-state index contributed by atoms with van der Waals surface area (Å²) in [5, 5.41) is 6.28. The van der Waals surface area contributed by atoms with Crippen LogP contribution in [-0.2, 0) is 9.59 Å². The van der Waals surface area contributed by atoms with Crippen LogP contribution in [0.3, 0.4) is 0 Å². The summed E-state index contributed by atoms with van der Waals surface area (Å²) in [6, 6.07) is 5.47. The largest absolute Gasteiger partial charge is 0.354 e. The number of hydrogen-bond acceptors (Lipinski definition) is 4. The first-order valence-corrected chi connectivity index (χ1v) is 12.1. The van der Waals surface area contributed by atoms with E-state index in [1.807, 2.05) is 12.1 Å². The van der Waals surface area contributed by atoms with E-state index in [0.717, 1.165) is 23.7 Å². The Balaban J connectivity index is 1.36. The Morgan fingerprint density at radius 3 is 2.66 bits per heavy atom. The predicted molar refractivity (Wildman–Crippen MR) is 119 cm³/mol. The van der Waals surface area contributed by atoms with Gasteiger partial charge in [0.2, 0.25) is 11.8 Å². The number of carbonyl (C=O) groups is 2. The van der Waals surface area contributed by atoms with E-state index < -0.39 is 5.25 Å². The number of amides is 2. The number of nitrogens with zero attached hydrogens (tertiary/aromatic N) is 1. The average Bonchev–Trinajstić information content (AvgIpc) is 2.74. The van der Waals surface area contributed by atoms with Crippen LogP contribution in [0.25, 0.3) is 0 Å². The van der Waals surface area contributed by atoms with Crippen molar-refractivity contribution in [3.8, 4) is 0 Å². The fourth-order valence-electron chi connectivity index (χ4n) is 4.94. The summed E-state index contributed by atoms with van der Waals surface area (Å²) in [5.74, 6) is -0.152. The number of halogens is 1. The fraction of sp³-hybridized carbons (Fsp3) is 0.636. The number of carbonyl (C=O) groups excluding carboxylic acids is 2. The Morgan fingerprint density at radius 1 is 1.17 bits per heavy atom. The predicted octanol–water partition coefficient (Wildman–Crippen LogP) is 4.45. The van der Waals surface area contributed by atoms with Crippen LogP contribution in [0.5, 0.6) is 0 Å². The maximum absolute atomic E-state index is 12.7. The zero-order valence-electron chi connectivity index (χ0n) is 16.8. The van der Waals surface area contributed by atoms with Gasteiger partial charge in [-0.05, 0) is 57.0 Å². The van der Waals surface area contributed by atoms with Gasteiger partial charge in [0.25, 0.3) is 0 Å². The fourth-order valence-corrected chi connectivity index (χ4v) is 6.21. The number of fused-ring (bicyclic) bond motifs is 1. The molecule has 1 aliphatic carbocycles. The first kappa shape index (κ1) is 21.0. The highest BCUT2D eigenvalue weighted by molar-refractivity contribution is 8.01. The zero-order chi connectivity index (χ0) is 20.3. The van der Waals surface area contributed by atoms with Gasteiger partial charge in [-0.3, -0.25) is 14.5 Å². The Bertz CT molecular complexity index is 760. The molecule has 1 saturated heterocycles. The first-order valence-electron chi connectivity index (χ1n) is 10.8. The molecular formula is C22H30ClN3O2S. The molecule has 1 saturated carbocycles. The van der Waals surface area contributed by atoms with Crippen molar-refractivity contribution in [3.05, 3.63) is 23.2 Å². The lowest BCUT2D eigenvalue weighted by Crippen LogP contribution is -2.58. The van der Waals surface area contributed by atoms with Crippen molar-refractivity contribution in [2.24, 2.45) is 0 Å². The number of likely N-dealkylation sites (tertiary alicyclic amines) is 1. The van der Waals surface area contributed by atoms with Crippen molar-refractivity contribution < 1.29 is 9.59 Å². The number of benzene rings is 1. The lowest BCUT2D eigenvalue weighted by atomic mass is 9.79. The van der Waals surface area contributed by atoms with Gasteiger partial charge in [0.1, 0.15) is 0 Å². The maximum atomic E-state index is 12.7. The molecule has 0 aromatic heterocycles. The minimum Gasteiger partial charge on any atom is -0.354 e. The van der Waals surface area contributed by atoms with Crippen molar-refractivity contribution in [2.75, 3.05) is 25.0 Å². The zero-order valence-corrected chi connectivity index (χ0v) is 18.4. The summed E-state index contributed by atoms with van der Waals surface area (Å²) in [6.45, 7) is 3.00. The monoisotopic (exact) mass is 435 g/mol. The summed E-state index contributed by atoms with van der Waals surface area (Å²) < 4.78 is 0. The Morgan fingerprint density at radius 2 is 1.90 bits per heavy atom. The molecule has 29 heavy (non-hydrogen) atoms. The second kappa shape index (κ2) is 9.27. The molecule has 0 radical (unpaired) electrons. The average molecular weight is 436 g/mol. The van der Waals surface area contributed by atoms with E-state index in [2.05, 4.69) is 15.5 Å². The summed E-state index contributed by atoms with van der Waals surface area (Å²) in [5.41, 5.74) is 0.843. The quantitative estimate of drug-likeness (QED) is 0.717. The van der Waals surface area contributed by atoms with Gasteiger partial charge in [-0.25, -0.2) is 0 Å². The normalized spacial score (nSPS) is 24.4. The SMILES string of the molecule is O=C(CC1Sc2ccc(Cl)cc2NC1=O)NCC1(N2CCCCC2)CCCCC1. The standard InChI is InChI=1S/C22H30ClN3O2S/c23-16-7-8-18-17(13-16)25-21(28)19(29-18)14-20(27)24-15-22(9-3-1-4-10-22)26-11-5-2-6-12-26/h7-8,13,19H,1-6,9-12,14-15H2,(H,24,27)(H,25,28). The number of nitrogens with one attached hydrogen (secondary N) is 2. The molecule has 158 valence electrons. The molecule has 1 aromatic carbocycles. The van der Waals surface area contributed by atoms with E-state index in [1.54, 1.807) is 6.07 Å². The third-order valence-corrected chi connectivity index (χ3v) is 8.07. The van der Waals surface area contributed by atoms with Gasteiger partial charge in [0.15, 0.2) is 0 Å². The number of hydrogen-bond donors (Lipinski definition) is 2. The summed E-state index contributed by atoms with van der Waals surface area (Å²) in [4.78, 5) is 28.8. The highest BCUT2D eigenvalue weighted by Crippen LogP contribution is 2.38. The van der Waals surface area contributed by atoms with Crippen LogP contribution in [0.2, 0.25) is 5.02 Å². The minimum absolute atomic E-state index is 0.0305. The van der Waals surface area contributed by atoms with E-state index in [4.69, 9.17) is 11.6 Å². The van der Waals surface area contributed by atoms with E-state index in [-0.39, 0.29) is 23.8 Å². The molecule has 2 amide bonds. The van der Waals surface area contributed by atoms with Gasteiger partial charge in [-0.1, -0.05) is 37.3 Å². The molecule has 0 spiro atoms. The minimum atomic E-state index is -0.402. The summed E-state index contributed by atoms with van der Waals surface area (Å²) >= 11 is 7.46. The first-order chi connectivity index (χ1) is 14.1. The molecule has 4 rings (SSSR count). The van der Waals surface area contributed by atoms with E-state index in [0.29, 0.717) is 11.6 Å². The Labute approximate surface area is 182 Å². The van der Waals surface area contributed by atoms with Gasteiger partial charge in [-0.2, -0.15) is 0 Å². The van der Waals surface area contributed by atoms with Crippen LogP contribution < -0.4 is 10.6 Å². The summed E-state index contributed by atoms with van der Waals surface area (Å²) in [7, 11) is 0. The van der Waals surface area contributed by atoms with Gasteiger partial charge < -0.3 is 10.6 Å². The molecule has 7 heteroatoms. The van der Waals surface area contributed by atoms with Crippen LogP contribution in [0.15, 0.2) is 23.1 Å². The molecule has 1 unspecified atom stereocenters.